The number of nitrogens with zero attached hydrogens (tertiary/aromatic N) is 3. The van der Waals surface area contributed by atoms with Crippen LogP contribution in [0.15, 0.2) is 58.8 Å². The summed E-state index contributed by atoms with van der Waals surface area (Å²) in [6, 6.07) is 8.74. The van der Waals surface area contributed by atoms with Gasteiger partial charge in [-0.25, -0.2) is 18.4 Å². The van der Waals surface area contributed by atoms with Crippen LogP contribution in [0.1, 0.15) is 27.0 Å². The van der Waals surface area contributed by atoms with Gasteiger partial charge in [0.15, 0.2) is 17.4 Å². The van der Waals surface area contributed by atoms with Gasteiger partial charge in [0.1, 0.15) is 11.6 Å². The van der Waals surface area contributed by atoms with Gasteiger partial charge < -0.3 is 15.2 Å². The van der Waals surface area contributed by atoms with E-state index in [0.717, 1.165) is 27.7 Å². The highest BCUT2D eigenvalue weighted by Gasteiger charge is 2.25. The minimum Gasteiger partial charge on any atom is -0.496 e. The van der Waals surface area contributed by atoms with Crippen LogP contribution in [0.2, 0.25) is 0 Å². The van der Waals surface area contributed by atoms with Gasteiger partial charge in [0.2, 0.25) is 11.6 Å². The Morgan fingerprint density at radius 2 is 1.92 bits per heavy atom. The lowest BCUT2D eigenvalue weighted by atomic mass is 10.0. The molecule has 0 bridgehead atoms. The molecule has 1 aliphatic carbocycles. The van der Waals surface area contributed by atoms with Gasteiger partial charge >= 0.3 is 0 Å². The van der Waals surface area contributed by atoms with Crippen molar-refractivity contribution in [2.45, 2.75) is 13.3 Å². The van der Waals surface area contributed by atoms with Gasteiger partial charge in [0, 0.05) is 18.1 Å². The van der Waals surface area contributed by atoms with Crippen LogP contribution in [-0.2, 0) is 6.42 Å². The number of methoxy groups -OCH3 is 1. The van der Waals surface area contributed by atoms with Crippen molar-refractivity contribution in [1.82, 2.24) is 14.8 Å². The number of Topliss-reactive ketones (excluding diaryl/α,β-unsaturated/α-hetero) is 1. The van der Waals surface area contributed by atoms with Crippen LogP contribution in [0, 0.1) is 18.6 Å². The maximum Gasteiger partial charge on any atom is 0.219 e. The summed E-state index contributed by atoms with van der Waals surface area (Å²) in [5.41, 5.74) is 10.2. The van der Waals surface area contributed by atoms with Gasteiger partial charge in [0.05, 0.1) is 35.2 Å². The van der Waals surface area contributed by atoms with Crippen LogP contribution < -0.4 is 15.2 Å². The van der Waals surface area contributed by atoms with E-state index in [1.54, 1.807) is 14.0 Å². The summed E-state index contributed by atoms with van der Waals surface area (Å²) in [6.07, 6.45) is 5.11. The zero-order chi connectivity index (χ0) is 25.6. The van der Waals surface area contributed by atoms with Crippen LogP contribution >= 0.6 is 15.9 Å². The number of hydrogen-bond acceptors (Lipinski definition) is 6. The Kier molecular flexibility index (Phi) is 6.05. The largest absolute Gasteiger partial charge is 0.496 e. The molecule has 2 N–H and O–H groups in total. The van der Waals surface area contributed by atoms with Crippen LogP contribution in [-0.4, -0.2) is 27.7 Å². The summed E-state index contributed by atoms with van der Waals surface area (Å²) in [5, 5.41) is 4.29. The number of aryl methyl sites for hydroxylation is 1. The second-order valence-corrected chi connectivity index (χ2v) is 9.03. The predicted molar refractivity (Wildman–Crippen MR) is 134 cm³/mol. The molecule has 0 saturated heterocycles. The molecule has 0 radical (unpaired) electrons. The number of pyridine rings is 1. The highest BCUT2D eigenvalue weighted by Crippen LogP contribution is 2.36. The Bertz CT molecular complexity index is 1550. The molecule has 36 heavy (non-hydrogen) atoms. The van der Waals surface area contributed by atoms with Gasteiger partial charge in [-0.2, -0.15) is 5.10 Å². The second kappa shape index (κ2) is 9.19. The van der Waals surface area contributed by atoms with Crippen LogP contribution in [0.25, 0.3) is 11.8 Å². The highest BCUT2D eigenvalue weighted by molar-refractivity contribution is 9.10. The van der Waals surface area contributed by atoms with Gasteiger partial charge in [-0.05, 0) is 69.9 Å². The van der Waals surface area contributed by atoms with Gasteiger partial charge in [-0.3, -0.25) is 4.79 Å². The number of rotatable bonds is 6. The highest BCUT2D eigenvalue weighted by atomic mass is 79.9. The molecule has 0 unspecified atom stereocenters. The minimum absolute atomic E-state index is 0.00209. The van der Waals surface area contributed by atoms with E-state index < -0.39 is 17.4 Å². The third-order valence-electron chi connectivity index (χ3n) is 5.88. The average Bonchev–Trinajstić information content (AvgIpc) is 3.43. The van der Waals surface area contributed by atoms with E-state index in [-0.39, 0.29) is 23.0 Å². The lowest BCUT2D eigenvalue weighted by Gasteiger charge is -2.11. The molecule has 182 valence electrons. The number of nitrogens with two attached hydrogens (primary N) is 1. The summed E-state index contributed by atoms with van der Waals surface area (Å²) < 4.78 is 40.7. The molecule has 2 aromatic heterocycles. The Balaban J connectivity index is 1.40. The van der Waals surface area contributed by atoms with Crippen LogP contribution in [0.5, 0.6) is 17.4 Å². The molecule has 1 aliphatic rings. The number of carbonyl (C=O) groups excluding carboxylic acids is 1. The lowest BCUT2D eigenvalue weighted by Crippen LogP contribution is -2.09. The number of para-hydroxylation sites is 1. The van der Waals surface area contributed by atoms with Crippen molar-refractivity contribution >= 4 is 33.6 Å². The molecule has 0 amide bonds. The number of hydrogen-bond donors (Lipinski definition) is 1. The van der Waals surface area contributed by atoms with Crippen molar-refractivity contribution in [3.05, 3.63) is 92.7 Å². The summed E-state index contributed by atoms with van der Waals surface area (Å²) in [6.45, 7) is 1.74. The van der Waals surface area contributed by atoms with Crippen molar-refractivity contribution in [3.63, 3.8) is 0 Å². The molecule has 0 saturated carbocycles. The van der Waals surface area contributed by atoms with Gasteiger partial charge in [-0.15, -0.1) is 0 Å². The van der Waals surface area contributed by atoms with Crippen molar-refractivity contribution in [1.29, 1.82) is 0 Å². The molecule has 0 spiro atoms. The van der Waals surface area contributed by atoms with E-state index in [2.05, 4.69) is 26.0 Å². The SMILES string of the molecule is COc1cc2c(cc1Br)CC(C(=O)c1cnn(-c3cnc(Oc4c(F)cccc4F)cc3C)c1N)=C2. The Labute approximate surface area is 213 Å². The number of anilines is 1. The first-order chi connectivity index (χ1) is 17.3. The Morgan fingerprint density at radius 1 is 1.17 bits per heavy atom. The fraction of sp³-hybridized carbons (Fsp3) is 0.115. The van der Waals surface area contributed by atoms with Crippen molar-refractivity contribution in [2.75, 3.05) is 12.8 Å². The zero-order valence-electron chi connectivity index (χ0n) is 19.2. The third-order valence-corrected chi connectivity index (χ3v) is 6.50. The van der Waals surface area contributed by atoms with Crippen molar-refractivity contribution < 1.29 is 23.0 Å². The summed E-state index contributed by atoms with van der Waals surface area (Å²) >= 11 is 3.47. The van der Waals surface area contributed by atoms with E-state index in [9.17, 15) is 13.6 Å². The third kappa shape index (κ3) is 4.13. The first-order valence-corrected chi connectivity index (χ1v) is 11.6. The predicted octanol–water partition coefficient (Wildman–Crippen LogP) is 5.82. The van der Waals surface area contributed by atoms with E-state index in [4.69, 9.17) is 15.2 Å². The summed E-state index contributed by atoms with van der Waals surface area (Å²) in [5.74, 6) is -1.63. The fourth-order valence-corrected chi connectivity index (χ4v) is 4.58. The molecule has 0 aliphatic heterocycles. The number of benzene rings is 2. The number of aromatic nitrogens is 3. The Morgan fingerprint density at radius 3 is 2.61 bits per heavy atom. The number of fused-ring (bicyclic) bond motifs is 1. The summed E-state index contributed by atoms with van der Waals surface area (Å²) in [7, 11) is 1.58. The first-order valence-electron chi connectivity index (χ1n) is 10.8. The average molecular weight is 553 g/mol. The van der Waals surface area contributed by atoms with E-state index in [1.807, 2.05) is 18.2 Å². The maximum absolute atomic E-state index is 13.9. The van der Waals surface area contributed by atoms with Gasteiger partial charge in [0.25, 0.3) is 0 Å². The molecular weight excluding hydrogens is 534 g/mol. The van der Waals surface area contributed by atoms with Crippen molar-refractivity contribution in [2.24, 2.45) is 0 Å². The standard InChI is InChI=1S/C26H19BrF2N4O3/c1-13-6-23(36-25-19(28)4-3-5-20(25)29)31-12-21(13)33-26(30)17(11-32-33)24(34)16-7-14-9-18(27)22(35-2)10-15(14)8-16/h3-6,8-12H,7,30H2,1-2H3. The number of ketones is 1. The quantitative estimate of drug-likeness (QED) is 0.303. The topological polar surface area (TPSA) is 92.3 Å². The molecule has 0 atom stereocenters. The number of allylic oxidation sites excluding steroid dienone is 1. The zero-order valence-corrected chi connectivity index (χ0v) is 20.8. The summed E-state index contributed by atoms with van der Waals surface area (Å²) in [4.78, 5) is 17.4. The van der Waals surface area contributed by atoms with E-state index in [1.165, 1.54) is 29.2 Å². The van der Waals surface area contributed by atoms with Gasteiger partial charge in [-0.1, -0.05) is 6.07 Å². The molecule has 2 heterocycles. The Hall–Kier alpha value is -4.05. The molecule has 4 aromatic rings. The number of nitrogen functional groups attached to an aromatic ring is 1. The van der Waals surface area contributed by atoms with Crippen LogP contribution in [0.4, 0.5) is 14.6 Å². The fourth-order valence-electron chi connectivity index (χ4n) is 4.03. The first kappa shape index (κ1) is 23.7. The number of carbonyl (C=O) groups is 1. The van der Waals surface area contributed by atoms with E-state index in [0.29, 0.717) is 29.0 Å². The molecule has 0 fully saturated rings. The normalized spacial score (nSPS) is 12.3. The molecule has 5 rings (SSSR count). The minimum atomic E-state index is -0.841. The van der Waals surface area contributed by atoms with Crippen molar-refractivity contribution in [3.8, 4) is 23.1 Å². The van der Waals surface area contributed by atoms with Crippen LogP contribution in [0.3, 0.4) is 0 Å². The monoisotopic (exact) mass is 552 g/mol. The molecule has 2 aromatic carbocycles. The molecule has 7 nitrogen and oxygen atoms in total. The number of halogens is 3. The second-order valence-electron chi connectivity index (χ2n) is 8.18. The van der Waals surface area contributed by atoms with E-state index >= 15 is 0 Å². The molecule has 10 heteroatoms. The molecular formula is C26H19BrF2N4O3. The lowest BCUT2D eigenvalue weighted by molar-refractivity contribution is 0.103. The number of ether oxygens (including phenoxy) is 2. The smallest absolute Gasteiger partial charge is 0.219 e. The maximum atomic E-state index is 13.9.